The fraction of sp³-hybridized carbons (Fsp3) is 0.267. The largest absolute Gasteiger partial charge is 0.456 e. The fourth-order valence-corrected chi connectivity index (χ4v) is 3.17. The molecule has 1 heterocycles. The van der Waals surface area contributed by atoms with Crippen molar-refractivity contribution >= 4 is 21.6 Å². The number of aryl methyl sites for hydroxylation is 2. The van der Waals surface area contributed by atoms with Gasteiger partial charge in [-0.15, -0.1) is 0 Å². The lowest BCUT2D eigenvalue weighted by molar-refractivity contribution is 0.0994. The van der Waals surface area contributed by atoms with E-state index in [2.05, 4.69) is 10.0 Å². The van der Waals surface area contributed by atoms with Gasteiger partial charge in [0.25, 0.3) is 5.91 Å². The Kier molecular flexibility index (Phi) is 5.19. The molecule has 4 N–H and O–H groups in total. The predicted molar refractivity (Wildman–Crippen MR) is 86.8 cm³/mol. The molecule has 2 rings (SSSR count). The number of sulfonamides is 1. The minimum absolute atomic E-state index is 0.0519. The highest BCUT2D eigenvalue weighted by Crippen LogP contribution is 2.18. The number of anilines is 1. The van der Waals surface area contributed by atoms with Gasteiger partial charge < -0.3 is 15.5 Å². The lowest BCUT2D eigenvalue weighted by Crippen LogP contribution is -2.29. The highest BCUT2D eigenvalue weighted by atomic mass is 32.2. The fourth-order valence-electron chi connectivity index (χ4n) is 2.07. The van der Waals surface area contributed by atoms with Crippen LogP contribution in [0.5, 0.6) is 0 Å². The Balaban J connectivity index is 2.20. The van der Waals surface area contributed by atoms with Crippen molar-refractivity contribution in [2.45, 2.75) is 18.7 Å². The second-order valence-electron chi connectivity index (χ2n) is 5.04. The normalized spacial score (nSPS) is 11.4. The molecule has 23 heavy (non-hydrogen) atoms. The van der Waals surface area contributed by atoms with Crippen molar-refractivity contribution in [3.63, 3.8) is 0 Å². The van der Waals surface area contributed by atoms with Crippen molar-refractivity contribution in [2.24, 2.45) is 5.73 Å². The minimum Gasteiger partial charge on any atom is -0.456 e. The summed E-state index contributed by atoms with van der Waals surface area (Å²) in [7, 11) is -3.65. The summed E-state index contributed by atoms with van der Waals surface area (Å²) >= 11 is 0. The van der Waals surface area contributed by atoms with Gasteiger partial charge in [-0.2, -0.15) is 0 Å². The number of carbonyl (C=O) groups excluding carboxylic acids is 1. The van der Waals surface area contributed by atoms with Gasteiger partial charge in [0.05, 0.1) is 4.90 Å². The molecule has 0 aliphatic carbocycles. The predicted octanol–water partition coefficient (Wildman–Crippen LogP) is 1.39. The van der Waals surface area contributed by atoms with Crippen LogP contribution in [0.4, 0.5) is 5.69 Å². The molecule has 8 heteroatoms. The second-order valence-corrected chi connectivity index (χ2v) is 6.80. The van der Waals surface area contributed by atoms with Gasteiger partial charge in [0.2, 0.25) is 10.0 Å². The van der Waals surface area contributed by atoms with Crippen LogP contribution in [-0.2, 0) is 10.0 Å². The first-order valence-corrected chi connectivity index (χ1v) is 8.50. The number of rotatable bonds is 6. The monoisotopic (exact) mass is 337 g/mol. The average Bonchev–Trinajstić information content (AvgIpc) is 2.84. The third-order valence-electron chi connectivity index (χ3n) is 3.09. The average molecular weight is 337 g/mol. The number of hydrogen-bond donors (Lipinski definition) is 3. The van der Waals surface area contributed by atoms with E-state index in [1.807, 2.05) is 0 Å². The molecule has 0 fully saturated rings. The Hall–Kier alpha value is -2.16. The Bertz CT molecular complexity index is 812. The van der Waals surface area contributed by atoms with Crippen LogP contribution in [0, 0.1) is 13.8 Å². The first-order valence-electron chi connectivity index (χ1n) is 7.01. The van der Waals surface area contributed by atoms with E-state index in [4.69, 9.17) is 10.2 Å². The Morgan fingerprint density at radius 2 is 2.00 bits per heavy atom. The van der Waals surface area contributed by atoms with Crippen LogP contribution >= 0.6 is 0 Å². The van der Waals surface area contributed by atoms with E-state index in [0.29, 0.717) is 17.0 Å². The van der Waals surface area contributed by atoms with Crippen molar-refractivity contribution < 1.29 is 17.6 Å². The van der Waals surface area contributed by atoms with E-state index in [1.54, 1.807) is 32.0 Å². The molecule has 0 aliphatic heterocycles. The number of hydrogen-bond acceptors (Lipinski definition) is 5. The molecule has 1 aromatic heterocycles. The topological polar surface area (TPSA) is 114 Å². The van der Waals surface area contributed by atoms with E-state index in [0.717, 1.165) is 0 Å². The van der Waals surface area contributed by atoms with Crippen LogP contribution in [0.3, 0.4) is 0 Å². The summed E-state index contributed by atoms with van der Waals surface area (Å²) in [4.78, 5) is 12.2. The van der Waals surface area contributed by atoms with Crippen molar-refractivity contribution in [2.75, 3.05) is 18.4 Å². The van der Waals surface area contributed by atoms with Gasteiger partial charge in [0.15, 0.2) is 5.76 Å². The van der Waals surface area contributed by atoms with Gasteiger partial charge in [-0.05, 0) is 38.1 Å². The molecule has 0 atom stereocenters. The molecule has 0 radical (unpaired) electrons. The standard InChI is InChI=1S/C15H19N3O4S/c1-10-8-11(2)22-14(10)15(19)18-12-4-3-5-13(9-12)23(20,21)17-7-6-16/h3-5,8-9,17H,6-7,16H2,1-2H3,(H,18,19). The number of furan rings is 1. The Morgan fingerprint density at radius 3 is 2.61 bits per heavy atom. The van der Waals surface area contributed by atoms with Crippen LogP contribution in [0.2, 0.25) is 0 Å². The molecule has 7 nitrogen and oxygen atoms in total. The van der Waals surface area contributed by atoms with Crippen molar-refractivity contribution in [1.82, 2.24) is 4.72 Å². The van der Waals surface area contributed by atoms with Crippen molar-refractivity contribution in [3.05, 3.63) is 47.4 Å². The molecule has 124 valence electrons. The van der Waals surface area contributed by atoms with Gasteiger partial charge in [0, 0.05) is 24.3 Å². The smallest absolute Gasteiger partial charge is 0.291 e. The summed E-state index contributed by atoms with van der Waals surface area (Å²) in [5, 5.41) is 2.63. The van der Waals surface area contributed by atoms with E-state index in [-0.39, 0.29) is 23.7 Å². The van der Waals surface area contributed by atoms with Crippen LogP contribution in [0.1, 0.15) is 21.9 Å². The van der Waals surface area contributed by atoms with Gasteiger partial charge in [-0.1, -0.05) is 6.07 Å². The molecular weight excluding hydrogens is 318 g/mol. The molecule has 0 saturated carbocycles. The zero-order chi connectivity index (χ0) is 17.0. The van der Waals surface area contributed by atoms with Crippen LogP contribution in [0.15, 0.2) is 39.6 Å². The summed E-state index contributed by atoms with van der Waals surface area (Å²) in [5.74, 6) is 0.409. The molecule has 0 unspecified atom stereocenters. The van der Waals surface area contributed by atoms with E-state index in [1.165, 1.54) is 12.1 Å². The second kappa shape index (κ2) is 6.95. The number of nitrogens with two attached hydrogens (primary N) is 1. The maximum atomic E-state index is 12.2. The summed E-state index contributed by atoms with van der Waals surface area (Å²) < 4.78 is 31.8. The van der Waals surface area contributed by atoms with Crippen molar-refractivity contribution in [1.29, 1.82) is 0 Å². The van der Waals surface area contributed by atoms with E-state index >= 15 is 0 Å². The van der Waals surface area contributed by atoms with Crippen molar-refractivity contribution in [3.8, 4) is 0 Å². The van der Waals surface area contributed by atoms with Gasteiger partial charge >= 0.3 is 0 Å². The number of nitrogens with one attached hydrogen (secondary N) is 2. The number of amides is 1. The molecular formula is C15H19N3O4S. The molecule has 0 spiro atoms. The molecule has 0 saturated heterocycles. The van der Waals surface area contributed by atoms with Gasteiger partial charge in [0.1, 0.15) is 5.76 Å². The third kappa shape index (κ3) is 4.19. The SMILES string of the molecule is Cc1cc(C)c(C(=O)Nc2cccc(S(=O)(=O)NCCN)c2)o1. The van der Waals surface area contributed by atoms with Crippen LogP contribution in [-0.4, -0.2) is 27.4 Å². The highest BCUT2D eigenvalue weighted by Gasteiger charge is 2.17. The first kappa shape index (κ1) is 17.2. The summed E-state index contributed by atoms with van der Waals surface area (Å²) in [6, 6.07) is 7.73. The molecule has 2 aromatic rings. The van der Waals surface area contributed by atoms with E-state index in [9.17, 15) is 13.2 Å². The maximum Gasteiger partial charge on any atom is 0.291 e. The molecule has 1 aromatic carbocycles. The third-order valence-corrected chi connectivity index (χ3v) is 4.54. The number of carbonyl (C=O) groups is 1. The summed E-state index contributed by atoms with van der Waals surface area (Å²) in [5.41, 5.74) is 6.37. The zero-order valence-electron chi connectivity index (χ0n) is 12.9. The minimum atomic E-state index is -3.65. The van der Waals surface area contributed by atoms with Gasteiger partial charge in [-0.3, -0.25) is 4.79 Å². The summed E-state index contributed by atoms with van der Waals surface area (Å²) in [6.07, 6.45) is 0. The lowest BCUT2D eigenvalue weighted by atomic mass is 10.2. The molecule has 0 bridgehead atoms. The Labute approximate surface area is 134 Å². The molecule has 0 aliphatic rings. The lowest BCUT2D eigenvalue weighted by Gasteiger charge is -2.08. The van der Waals surface area contributed by atoms with Crippen LogP contribution in [0.25, 0.3) is 0 Å². The maximum absolute atomic E-state index is 12.2. The Morgan fingerprint density at radius 1 is 1.26 bits per heavy atom. The summed E-state index contributed by atoms with van der Waals surface area (Å²) in [6.45, 7) is 3.86. The van der Waals surface area contributed by atoms with Gasteiger partial charge in [-0.25, -0.2) is 13.1 Å². The van der Waals surface area contributed by atoms with E-state index < -0.39 is 15.9 Å². The first-order chi connectivity index (χ1) is 10.8. The molecule has 1 amide bonds. The number of benzene rings is 1. The quantitative estimate of drug-likeness (QED) is 0.737. The zero-order valence-corrected chi connectivity index (χ0v) is 13.7. The van der Waals surface area contributed by atoms with Crippen LogP contribution < -0.4 is 15.8 Å². The highest BCUT2D eigenvalue weighted by molar-refractivity contribution is 7.89.